The third kappa shape index (κ3) is 3.03. The number of hydrogen-bond donors (Lipinski definition) is 1. The normalized spacial score (nSPS) is 11.2. The van der Waals surface area contributed by atoms with Crippen molar-refractivity contribution in [1.29, 1.82) is 0 Å². The molecule has 4 heteroatoms. The summed E-state index contributed by atoms with van der Waals surface area (Å²) < 4.78 is 5.89. The second-order valence-electron chi connectivity index (χ2n) is 5.45. The zero-order valence-corrected chi connectivity index (χ0v) is 12.8. The van der Waals surface area contributed by atoms with E-state index in [2.05, 4.69) is 23.8 Å². The molecule has 1 aromatic heterocycles. The average Bonchev–Trinajstić information content (AvgIpc) is 2.89. The highest BCUT2D eigenvalue weighted by Gasteiger charge is 2.12. The lowest BCUT2D eigenvalue weighted by molar-refractivity contribution is 0.272. The molecule has 1 heterocycles. The summed E-state index contributed by atoms with van der Waals surface area (Å²) in [6, 6.07) is 13.6. The maximum atomic E-state index is 6.13. The van der Waals surface area contributed by atoms with Gasteiger partial charge in [0.2, 0.25) is 0 Å². The SMILES string of the molecule is CC(C)COc1ccc(Cl)cc1-c1nc2ccccc2[nH]1. The van der Waals surface area contributed by atoms with Crippen molar-refractivity contribution in [2.45, 2.75) is 13.8 Å². The summed E-state index contributed by atoms with van der Waals surface area (Å²) >= 11 is 6.13. The number of nitrogens with zero attached hydrogens (tertiary/aromatic N) is 1. The van der Waals surface area contributed by atoms with E-state index in [0.29, 0.717) is 17.5 Å². The Kier molecular flexibility index (Phi) is 3.84. The minimum Gasteiger partial charge on any atom is -0.493 e. The van der Waals surface area contributed by atoms with Gasteiger partial charge in [0.05, 0.1) is 23.2 Å². The van der Waals surface area contributed by atoms with E-state index >= 15 is 0 Å². The number of H-pyrrole nitrogens is 1. The molecule has 3 aromatic rings. The van der Waals surface area contributed by atoms with E-state index in [1.54, 1.807) is 0 Å². The van der Waals surface area contributed by atoms with Crippen LogP contribution in [0.4, 0.5) is 0 Å². The summed E-state index contributed by atoms with van der Waals surface area (Å²) in [4.78, 5) is 7.94. The first kappa shape index (κ1) is 14.0. The number of hydrogen-bond acceptors (Lipinski definition) is 2. The van der Waals surface area contributed by atoms with Crippen LogP contribution >= 0.6 is 11.6 Å². The van der Waals surface area contributed by atoms with Crippen LogP contribution < -0.4 is 4.74 Å². The van der Waals surface area contributed by atoms with Crippen molar-refractivity contribution < 1.29 is 4.74 Å². The molecule has 3 rings (SSSR count). The predicted octanol–water partition coefficient (Wildman–Crippen LogP) is 4.92. The molecule has 0 radical (unpaired) electrons. The largest absolute Gasteiger partial charge is 0.493 e. The number of halogens is 1. The predicted molar refractivity (Wildman–Crippen MR) is 86.9 cm³/mol. The van der Waals surface area contributed by atoms with E-state index in [0.717, 1.165) is 28.2 Å². The van der Waals surface area contributed by atoms with Crippen molar-refractivity contribution in [2.24, 2.45) is 5.92 Å². The lowest BCUT2D eigenvalue weighted by Crippen LogP contribution is -2.05. The van der Waals surface area contributed by atoms with E-state index in [9.17, 15) is 0 Å². The maximum absolute atomic E-state index is 6.13. The average molecular weight is 301 g/mol. The molecule has 0 spiro atoms. The molecule has 3 nitrogen and oxygen atoms in total. The van der Waals surface area contributed by atoms with E-state index in [-0.39, 0.29) is 0 Å². The van der Waals surface area contributed by atoms with Crippen molar-refractivity contribution in [2.75, 3.05) is 6.61 Å². The van der Waals surface area contributed by atoms with Gasteiger partial charge in [-0.05, 0) is 36.2 Å². The van der Waals surface area contributed by atoms with Crippen LogP contribution in [0.1, 0.15) is 13.8 Å². The number of fused-ring (bicyclic) bond motifs is 1. The zero-order chi connectivity index (χ0) is 14.8. The second kappa shape index (κ2) is 5.78. The first-order valence-corrected chi connectivity index (χ1v) is 7.39. The number of rotatable bonds is 4. The van der Waals surface area contributed by atoms with Crippen LogP contribution in [0.5, 0.6) is 5.75 Å². The molecule has 0 atom stereocenters. The highest BCUT2D eigenvalue weighted by Crippen LogP contribution is 2.32. The van der Waals surface area contributed by atoms with Crippen molar-refractivity contribution in [1.82, 2.24) is 9.97 Å². The van der Waals surface area contributed by atoms with Gasteiger partial charge in [-0.1, -0.05) is 37.6 Å². The molecule has 0 saturated heterocycles. The Morgan fingerprint density at radius 2 is 2.00 bits per heavy atom. The standard InChI is InChI=1S/C17H17ClN2O/c1-11(2)10-21-16-8-7-12(18)9-13(16)17-19-14-5-3-4-6-15(14)20-17/h3-9,11H,10H2,1-2H3,(H,19,20). The van der Waals surface area contributed by atoms with Crippen molar-refractivity contribution in [3.8, 4) is 17.1 Å². The van der Waals surface area contributed by atoms with Gasteiger partial charge < -0.3 is 9.72 Å². The van der Waals surface area contributed by atoms with Crippen LogP contribution in [0, 0.1) is 5.92 Å². The fourth-order valence-corrected chi connectivity index (χ4v) is 2.32. The molecule has 0 unspecified atom stereocenters. The molecule has 0 aliphatic rings. The number of ether oxygens (including phenoxy) is 1. The molecule has 0 saturated carbocycles. The number of para-hydroxylation sites is 2. The smallest absolute Gasteiger partial charge is 0.142 e. The number of aromatic amines is 1. The maximum Gasteiger partial charge on any atom is 0.142 e. The summed E-state index contributed by atoms with van der Waals surface area (Å²) in [5.74, 6) is 2.04. The highest BCUT2D eigenvalue weighted by atomic mass is 35.5. The third-order valence-electron chi connectivity index (χ3n) is 3.16. The fourth-order valence-electron chi connectivity index (χ4n) is 2.15. The molecule has 1 N–H and O–H groups in total. The molecule has 0 aliphatic heterocycles. The Labute approximate surface area is 128 Å². The molecule has 108 valence electrons. The van der Waals surface area contributed by atoms with Crippen LogP contribution in [0.15, 0.2) is 42.5 Å². The summed E-state index contributed by atoms with van der Waals surface area (Å²) in [6.07, 6.45) is 0. The van der Waals surface area contributed by atoms with E-state index < -0.39 is 0 Å². The van der Waals surface area contributed by atoms with Gasteiger partial charge in [0.1, 0.15) is 11.6 Å². The van der Waals surface area contributed by atoms with E-state index in [4.69, 9.17) is 16.3 Å². The Balaban J connectivity index is 2.04. The van der Waals surface area contributed by atoms with Gasteiger partial charge in [0.25, 0.3) is 0 Å². The quantitative estimate of drug-likeness (QED) is 0.743. The second-order valence-corrected chi connectivity index (χ2v) is 5.88. The summed E-state index contributed by atoms with van der Waals surface area (Å²) in [5.41, 5.74) is 2.82. The van der Waals surface area contributed by atoms with Crippen LogP contribution in [0.3, 0.4) is 0 Å². The first-order chi connectivity index (χ1) is 10.1. The summed E-state index contributed by atoms with van der Waals surface area (Å²) in [6.45, 7) is 4.91. The Hall–Kier alpha value is -2.00. The van der Waals surface area contributed by atoms with Crippen LogP contribution in [-0.4, -0.2) is 16.6 Å². The van der Waals surface area contributed by atoms with Gasteiger partial charge in [-0.2, -0.15) is 0 Å². The van der Waals surface area contributed by atoms with Crippen LogP contribution in [0.25, 0.3) is 22.4 Å². The summed E-state index contributed by atoms with van der Waals surface area (Å²) in [7, 11) is 0. The monoisotopic (exact) mass is 300 g/mol. The van der Waals surface area contributed by atoms with Crippen LogP contribution in [0.2, 0.25) is 5.02 Å². The molecule has 0 aliphatic carbocycles. The lowest BCUT2D eigenvalue weighted by atomic mass is 10.2. The third-order valence-corrected chi connectivity index (χ3v) is 3.39. The highest BCUT2D eigenvalue weighted by molar-refractivity contribution is 6.30. The first-order valence-electron chi connectivity index (χ1n) is 7.01. The lowest BCUT2D eigenvalue weighted by Gasteiger charge is -2.12. The van der Waals surface area contributed by atoms with Gasteiger partial charge in [0.15, 0.2) is 0 Å². The van der Waals surface area contributed by atoms with Gasteiger partial charge >= 0.3 is 0 Å². The Morgan fingerprint density at radius 1 is 1.19 bits per heavy atom. The molecule has 0 amide bonds. The van der Waals surface area contributed by atoms with Gasteiger partial charge in [-0.15, -0.1) is 0 Å². The van der Waals surface area contributed by atoms with Crippen LogP contribution in [-0.2, 0) is 0 Å². The van der Waals surface area contributed by atoms with Gasteiger partial charge in [0, 0.05) is 5.02 Å². The van der Waals surface area contributed by atoms with Gasteiger partial charge in [-0.25, -0.2) is 4.98 Å². The minimum atomic E-state index is 0.462. The molecule has 0 fully saturated rings. The molecular formula is C17H17ClN2O. The zero-order valence-electron chi connectivity index (χ0n) is 12.1. The van der Waals surface area contributed by atoms with Crippen molar-refractivity contribution >= 4 is 22.6 Å². The fraction of sp³-hybridized carbons (Fsp3) is 0.235. The molecule has 21 heavy (non-hydrogen) atoms. The number of nitrogens with one attached hydrogen (secondary N) is 1. The molecule has 2 aromatic carbocycles. The molecule has 0 bridgehead atoms. The topological polar surface area (TPSA) is 37.9 Å². The minimum absolute atomic E-state index is 0.462. The number of benzene rings is 2. The number of imidazole rings is 1. The van der Waals surface area contributed by atoms with E-state index in [1.165, 1.54) is 0 Å². The number of aromatic nitrogens is 2. The summed E-state index contributed by atoms with van der Waals surface area (Å²) in [5, 5.41) is 0.669. The van der Waals surface area contributed by atoms with E-state index in [1.807, 2.05) is 42.5 Å². The van der Waals surface area contributed by atoms with Crippen molar-refractivity contribution in [3.05, 3.63) is 47.5 Å². The Bertz CT molecular complexity index is 731. The molecular weight excluding hydrogens is 284 g/mol. The van der Waals surface area contributed by atoms with Crippen molar-refractivity contribution in [3.63, 3.8) is 0 Å². The Morgan fingerprint density at radius 3 is 2.76 bits per heavy atom. The van der Waals surface area contributed by atoms with Gasteiger partial charge in [-0.3, -0.25) is 0 Å².